The van der Waals surface area contributed by atoms with Crippen molar-refractivity contribution in [3.63, 3.8) is 0 Å². The number of hydrogen-bond donors (Lipinski definition) is 1. The fraction of sp³-hybridized carbons (Fsp3) is 0.917. The van der Waals surface area contributed by atoms with E-state index in [0.29, 0.717) is 12.7 Å². The predicted molar refractivity (Wildman–Crippen MR) is 62.3 cm³/mol. The van der Waals surface area contributed by atoms with Crippen molar-refractivity contribution in [1.82, 2.24) is 5.32 Å². The van der Waals surface area contributed by atoms with Crippen LogP contribution in [0.5, 0.6) is 0 Å². The number of rotatable bonds is 7. The van der Waals surface area contributed by atoms with Crippen LogP contribution in [0.2, 0.25) is 0 Å². The molecule has 1 fully saturated rings. The predicted octanol–water partition coefficient (Wildman–Crippen LogP) is 1.49. The lowest BCUT2D eigenvalue weighted by Gasteiger charge is -2.13. The van der Waals surface area contributed by atoms with Crippen LogP contribution in [0, 0.1) is 0 Å². The molecule has 1 aliphatic heterocycles. The second-order valence-electron chi connectivity index (χ2n) is 4.21. The van der Waals surface area contributed by atoms with Crippen LogP contribution in [0.25, 0.3) is 0 Å². The zero-order valence-corrected chi connectivity index (χ0v) is 10.3. The van der Waals surface area contributed by atoms with E-state index >= 15 is 0 Å². The van der Waals surface area contributed by atoms with Crippen LogP contribution in [-0.4, -0.2) is 37.9 Å². The van der Waals surface area contributed by atoms with Gasteiger partial charge in [0, 0.05) is 6.61 Å². The van der Waals surface area contributed by atoms with Crippen molar-refractivity contribution in [1.29, 1.82) is 0 Å². The van der Waals surface area contributed by atoms with Gasteiger partial charge in [0.15, 0.2) is 0 Å². The highest BCUT2D eigenvalue weighted by atomic mass is 16.5. The fourth-order valence-electron chi connectivity index (χ4n) is 1.87. The zero-order valence-electron chi connectivity index (χ0n) is 10.3. The Kier molecular flexibility index (Phi) is 6.42. The van der Waals surface area contributed by atoms with E-state index in [2.05, 4.69) is 5.32 Å². The molecule has 0 amide bonds. The Bertz CT molecular complexity index is 202. The van der Waals surface area contributed by atoms with Crippen LogP contribution in [0.15, 0.2) is 0 Å². The van der Waals surface area contributed by atoms with E-state index in [0.717, 1.165) is 26.0 Å². The van der Waals surface area contributed by atoms with Crippen molar-refractivity contribution < 1.29 is 14.3 Å². The molecule has 4 nitrogen and oxygen atoms in total. The van der Waals surface area contributed by atoms with Crippen molar-refractivity contribution in [3.05, 3.63) is 0 Å². The van der Waals surface area contributed by atoms with Gasteiger partial charge < -0.3 is 14.8 Å². The first-order valence-corrected chi connectivity index (χ1v) is 6.25. The molecular weight excluding hydrogens is 206 g/mol. The lowest BCUT2D eigenvalue weighted by molar-refractivity contribution is -0.145. The Labute approximate surface area is 97.7 Å². The molecule has 0 spiro atoms. The molecule has 1 aliphatic rings. The summed E-state index contributed by atoms with van der Waals surface area (Å²) in [5, 5.41) is 3.16. The second kappa shape index (κ2) is 7.63. The summed E-state index contributed by atoms with van der Waals surface area (Å²) in [5.41, 5.74) is 0. The maximum atomic E-state index is 11.3. The number of ether oxygens (including phenoxy) is 2. The molecule has 1 saturated heterocycles. The summed E-state index contributed by atoms with van der Waals surface area (Å²) in [7, 11) is 0. The van der Waals surface area contributed by atoms with Gasteiger partial charge in [-0.15, -0.1) is 0 Å². The average Bonchev–Trinajstić information content (AvgIpc) is 2.77. The number of hydrogen-bond acceptors (Lipinski definition) is 4. The first kappa shape index (κ1) is 13.5. The Balaban J connectivity index is 1.99. The maximum Gasteiger partial charge on any atom is 0.322 e. The van der Waals surface area contributed by atoms with E-state index in [4.69, 9.17) is 9.47 Å². The van der Waals surface area contributed by atoms with E-state index in [1.807, 2.05) is 13.8 Å². The molecule has 0 aromatic carbocycles. The van der Waals surface area contributed by atoms with Crippen molar-refractivity contribution in [2.45, 2.75) is 51.7 Å². The minimum absolute atomic E-state index is 0.167. The Morgan fingerprint density at radius 1 is 1.62 bits per heavy atom. The molecule has 0 aromatic heterocycles. The Morgan fingerprint density at radius 2 is 2.44 bits per heavy atom. The van der Waals surface area contributed by atoms with Gasteiger partial charge >= 0.3 is 5.97 Å². The summed E-state index contributed by atoms with van der Waals surface area (Å²) in [4.78, 5) is 11.3. The van der Waals surface area contributed by atoms with Gasteiger partial charge in [0.25, 0.3) is 0 Å². The van der Waals surface area contributed by atoms with Gasteiger partial charge in [0.2, 0.25) is 0 Å². The van der Waals surface area contributed by atoms with E-state index in [9.17, 15) is 4.79 Å². The van der Waals surface area contributed by atoms with Gasteiger partial charge in [-0.3, -0.25) is 4.79 Å². The fourth-order valence-corrected chi connectivity index (χ4v) is 1.87. The molecule has 0 radical (unpaired) electrons. The molecule has 1 heterocycles. The van der Waals surface area contributed by atoms with Gasteiger partial charge in [0.1, 0.15) is 6.04 Å². The zero-order chi connectivity index (χ0) is 11.8. The minimum Gasteiger partial charge on any atom is -0.465 e. The molecule has 0 aliphatic carbocycles. The van der Waals surface area contributed by atoms with E-state index in [-0.39, 0.29) is 12.0 Å². The average molecular weight is 229 g/mol. The van der Waals surface area contributed by atoms with Gasteiger partial charge in [-0.2, -0.15) is 0 Å². The summed E-state index contributed by atoms with van der Waals surface area (Å²) in [6.45, 7) is 5.87. The summed E-state index contributed by atoms with van der Waals surface area (Å²) in [6.07, 6.45) is 4.96. The number of esters is 1. The van der Waals surface area contributed by atoms with Crippen LogP contribution in [-0.2, 0) is 14.3 Å². The molecule has 1 N–H and O–H groups in total. The monoisotopic (exact) mass is 229 g/mol. The number of nitrogens with one attached hydrogen (secondary N) is 1. The largest absolute Gasteiger partial charge is 0.465 e. The highest BCUT2D eigenvalue weighted by Crippen LogP contribution is 2.16. The summed E-state index contributed by atoms with van der Waals surface area (Å²) in [5.74, 6) is -0.167. The molecule has 2 atom stereocenters. The van der Waals surface area contributed by atoms with Crippen molar-refractivity contribution >= 4 is 5.97 Å². The minimum atomic E-state index is -0.204. The summed E-state index contributed by atoms with van der Waals surface area (Å²) < 4.78 is 10.4. The standard InChI is InChI=1S/C12H23NO3/c1-3-15-12(14)10(2)13-8-4-6-11-7-5-9-16-11/h10-11,13H,3-9H2,1-2H3. The maximum absolute atomic E-state index is 11.3. The molecule has 94 valence electrons. The van der Waals surface area contributed by atoms with Crippen LogP contribution in [0.4, 0.5) is 0 Å². The smallest absolute Gasteiger partial charge is 0.322 e. The van der Waals surface area contributed by atoms with Gasteiger partial charge in [0.05, 0.1) is 12.7 Å². The quantitative estimate of drug-likeness (QED) is 0.531. The van der Waals surface area contributed by atoms with Crippen molar-refractivity contribution in [2.75, 3.05) is 19.8 Å². The third-order valence-electron chi connectivity index (χ3n) is 2.82. The van der Waals surface area contributed by atoms with E-state index < -0.39 is 0 Å². The van der Waals surface area contributed by atoms with E-state index in [1.165, 1.54) is 12.8 Å². The number of carbonyl (C=O) groups is 1. The lowest BCUT2D eigenvalue weighted by atomic mass is 10.1. The number of carbonyl (C=O) groups excluding carboxylic acids is 1. The van der Waals surface area contributed by atoms with Gasteiger partial charge in [-0.05, 0) is 46.1 Å². The second-order valence-corrected chi connectivity index (χ2v) is 4.21. The van der Waals surface area contributed by atoms with Crippen LogP contribution < -0.4 is 5.32 Å². The van der Waals surface area contributed by atoms with Crippen molar-refractivity contribution in [2.24, 2.45) is 0 Å². The molecule has 1 rings (SSSR count). The molecule has 16 heavy (non-hydrogen) atoms. The van der Waals surface area contributed by atoms with E-state index in [1.54, 1.807) is 0 Å². The third-order valence-corrected chi connectivity index (χ3v) is 2.82. The SMILES string of the molecule is CCOC(=O)C(C)NCCCC1CCCO1. The van der Waals surface area contributed by atoms with Crippen LogP contribution in [0.1, 0.15) is 39.5 Å². The van der Waals surface area contributed by atoms with Crippen LogP contribution in [0.3, 0.4) is 0 Å². The van der Waals surface area contributed by atoms with Crippen molar-refractivity contribution in [3.8, 4) is 0 Å². The summed E-state index contributed by atoms with van der Waals surface area (Å²) >= 11 is 0. The first-order chi connectivity index (χ1) is 7.74. The van der Waals surface area contributed by atoms with Gasteiger partial charge in [-0.1, -0.05) is 0 Å². The molecule has 0 aromatic rings. The Morgan fingerprint density at radius 3 is 3.06 bits per heavy atom. The Hall–Kier alpha value is -0.610. The third kappa shape index (κ3) is 4.94. The highest BCUT2D eigenvalue weighted by Gasteiger charge is 2.16. The normalized spacial score (nSPS) is 22.0. The van der Waals surface area contributed by atoms with Gasteiger partial charge in [-0.25, -0.2) is 0 Å². The molecule has 0 saturated carbocycles. The molecule has 4 heteroatoms. The first-order valence-electron chi connectivity index (χ1n) is 6.25. The highest BCUT2D eigenvalue weighted by molar-refractivity contribution is 5.75. The summed E-state index contributed by atoms with van der Waals surface area (Å²) in [6, 6.07) is -0.204. The molecular formula is C12H23NO3. The van der Waals surface area contributed by atoms with Crippen LogP contribution >= 0.6 is 0 Å². The molecule has 0 bridgehead atoms. The molecule has 2 unspecified atom stereocenters. The topological polar surface area (TPSA) is 47.6 Å². The lowest BCUT2D eigenvalue weighted by Crippen LogP contribution is -2.36.